The molecule has 2 fully saturated rings. The minimum absolute atomic E-state index is 0.147. The Balaban J connectivity index is 1.33. The molecule has 3 atom stereocenters. The van der Waals surface area contributed by atoms with Gasteiger partial charge in [0.25, 0.3) is 5.56 Å². The molecule has 2 bridgehead atoms. The van der Waals surface area contributed by atoms with E-state index in [0.717, 1.165) is 36.6 Å². The lowest BCUT2D eigenvalue weighted by Gasteiger charge is -2.52. The number of hydrogen-bond acceptors (Lipinski definition) is 6. The Morgan fingerprint density at radius 1 is 1.09 bits per heavy atom. The second-order valence-corrected chi connectivity index (χ2v) is 9.93. The van der Waals surface area contributed by atoms with Gasteiger partial charge in [-0.1, -0.05) is 26.3 Å². The van der Waals surface area contributed by atoms with Crippen LogP contribution >= 0.6 is 0 Å². The van der Waals surface area contributed by atoms with Crippen LogP contribution in [-0.4, -0.2) is 50.7 Å². The molecule has 0 radical (unpaired) electrons. The maximum atomic E-state index is 12.4. The van der Waals surface area contributed by atoms with Crippen molar-refractivity contribution in [1.82, 2.24) is 14.7 Å². The zero-order valence-electron chi connectivity index (χ0n) is 19.0. The lowest BCUT2D eigenvalue weighted by molar-refractivity contribution is -0.105. The number of hydrogen-bond donors (Lipinski definition) is 1. The van der Waals surface area contributed by atoms with Crippen molar-refractivity contribution >= 4 is 0 Å². The van der Waals surface area contributed by atoms with Gasteiger partial charge in [0.15, 0.2) is 11.5 Å². The number of aromatic nitrogens is 2. The minimum Gasteiger partial charge on any atom is -0.486 e. The summed E-state index contributed by atoms with van der Waals surface area (Å²) in [4.78, 5) is 15.0. The zero-order chi connectivity index (χ0) is 22.3. The van der Waals surface area contributed by atoms with E-state index in [0.29, 0.717) is 38.1 Å². The van der Waals surface area contributed by atoms with Gasteiger partial charge < -0.3 is 14.6 Å². The molecule has 5 rings (SSSR count). The van der Waals surface area contributed by atoms with Gasteiger partial charge in [0.05, 0.1) is 17.8 Å². The molecule has 32 heavy (non-hydrogen) atoms. The van der Waals surface area contributed by atoms with Gasteiger partial charge >= 0.3 is 0 Å². The van der Waals surface area contributed by atoms with Crippen molar-refractivity contribution in [2.45, 2.75) is 82.6 Å². The number of rotatable bonds is 5. The second-order valence-electron chi connectivity index (χ2n) is 9.93. The number of benzene rings is 1. The Hall–Kier alpha value is -2.38. The molecule has 7 heteroatoms. The van der Waals surface area contributed by atoms with Crippen molar-refractivity contribution in [3.05, 3.63) is 51.9 Å². The van der Waals surface area contributed by atoms with Crippen LogP contribution in [0.4, 0.5) is 0 Å². The molecule has 7 nitrogen and oxygen atoms in total. The summed E-state index contributed by atoms with van der Waals surface area (Å²) in [6, 6.07) is 10.2. The number of aliphatic hydroxyl groups is 1. The molecule has 0 aliphatic carbocycles. The summed E-state index contributed by atoms with van der Waals surface area (Å²) in [5, 5.41) is 16.1. The van der Waals surface area contributed by atoms with Crippen LogP contribution in [0, 0.1) is 0 Å². The Morgan fingerprint density at radius 2 is 1.81 bits per heavy atom. The molecular weight excluding hydrogens is 406 g/mol. The van der Waals surface area contributed by atoms with E-state index in [2.05, 4.69) is 36.0 Å². The third-order valence-corrected chi connectivity index (χ3v) is 7.14. The average molecular weight is 440 g/mol. The highest BCUT2D eigenvalue weighted by Gasteiger charge is 2.45. The second kappa shape index (κ2) is 8.52. The van der Waals surface area contributed by atoms with Gasteiger partial charge in [0.2, 0.25) is 0 Å². The monoisotopic (exact) mass is 439 g/mol. The van der Waals surface area contributed by atoms with Gasteiger partial charge in [0.1, 0.15) is 13.2 Å². The molecule has 2 aromatic rings. The first-order chi connectivity index (χ1) is 15.4. The molecule has 1 N–H and O–H groups in total. The highest BCUT2D eigenvalue weighted by Crippen LogP contribution is 2.41. The standard InChI is InChI=1S/C25H33N3O4/c1-17(2)21-7-9-24(29)28(26-21)16-25(30)13-19-4-3-5-20(14-25)27(19)15-18-6-8-22-23(12-18)32-11-10-31-22/h6-9,12,17,19-20,30H,3-5,10-11,13-16H2,1-2H3/t19-,20+,25?. The van der Waals surface area contributed by atoms with E-state index in [-0.39, 0.29) is 18.0 Å². The summed E-state index contributed by atoms with van der Waals surface area (Å²) < 4.78 is 12.9. The van der Waals surface area contributed by atoms with Crippen LogP contribution in [0.2, 0.25) is 0 Å². The largest absolute Gasteiger partial charge is 0.486 e. The molecule has 0 amide bonds. The number of ether oxygens (including phenoxy) is 2. The summed E-state index contributed by atoms with van der Waals surface area (Å²) in [6.07, 6.45) is 4.64. The third-order valence-electron chi connectivity index (χ3n) is 7.14. The Labute approximate surface area is 189 Å². The van der Waals surface area contributed by atoms with Crippen molar-refractivity contribution in [1.29, 1.82) is 0 Å². The molecule has 1 unspecified atom stereocenters. The van der Waals surface area contributed by atoms with E-state index in [1.807, 2.05) is 6.07 Å². The third kappa shape index (κ3) is 4.28. The Bertz CT molecular complexity index is 1020. The molecule has 2 saturated heterocycles. The first kappa shape index (κ1) is 21.5. The van der Waals surface area contributed by atoms with Crippen molar-refractivity contribution in [2.75, 3.05) is 13.2 Å². The van der Waals surface area contributed by atoms with E-state index in [9.17, 15) is 9.90 Å². The highest BCUT2D eigenvalue weighted by molar-refractivity contribution is 5.43. The molecule has 0 spiro atoms. The molecule has 1 aromatic carbocycles. The molecular formula is C25H33N3O4. The smallest absolute Gasteiger partial charge is 0.266 e. The first-order valence-electron chi connectivity index (χ1n) is 11.8. The van der Waals surface area contributed by atoms with Crippen LogP contribution in [-0.2, 0) is 13.1 Å². The van der Waals surface area contributed by atoms with Crippen molar-refractivity contribution < 1.29 is 14.6 Å². The molecule has 3 aliphatic heterocycles. The quantitative estimate of drug-likeness (QED) is 0.772. The number of nitrogens with zero attached hydrogens (tertiary/aromatic N) is 3. The van der Waals surface area contributed by atoms with E-state index in [1.54, 1.807) is 12.1 Å². The Morgan fingerprint density at radius 3 is 2.53 bits per heavy atom. The first-order valence-corrected chi connectivity index (χ1v) is 11.8. The normalized spacial score (nSPS) is 27.5. The summed E-state index contributed by atoms with van der Waals surface area (Å²) in [6.45, 7) is 6.41. The topological polar surface area (TPSA) is 76.8 Å². The van der Waals surface area contributed by atoms with Gasteiger partial charge in [-0.3, -0.25) is 9.69 Å². The Kier molecular flexibility index (Phi) is 5.72. The van der Waals surface area contributed by atoms with Gasteiger partial charge in [-0.2, -0.15) is 5.10 Å². The van der Waals surface area contributed by atoms with Crippen molar-refractivity contribution in [3.8, 4) is 11.5 Å². The molecule has 172 valence electrons. The number of fused-ring (bicyclic) bond motifs is 3. The van der Waals surface area contributed by atoms with Crippen LogP contribution in [0.25, 0.3) is 0 Å². The van der Waals surface area contributed by atoms with Gasteiger partial charge in [-0.05, 0) is 55.4 Å². The van der Waals surface area contributed by atoms with E-state index in [4.69, 9.17) is 9.47 Å². The van der Waals surface area contributed by atoms with E-state index < -0.39 is 5.60 Å². The van der Waals surface area contributed by atoms with Crippen LogP contribution in [0.3, 0.4) is 0 Å². The van der Waals surface area contributed by atoms with E-state index >= 15 is 0 Å². The minimum atomic E-state index is -0.911. The van der Waals surface area contributed by atoms with E-state index in [1.165, 1.54) is 16.7 Å². The predicted octanol–water partition coefficient (Wildman–Crippen LogP) is 3.09. The molecule has 3 aliphatic rings. The highest BCUT2D eigenvalue weighted by atomic mass is 16.6. The fourth-order valence-electron chi connectivity index (χ4n) is 5.57. The van der Waals surface area contributed by atoms with Crippen LogP contribution in [0.15, 0.2) is 35.1 Å². The SMILES string of the molecule is CC(C)c1ccc(=O)n(CC2(O)C[C@H]3CCC[C@@H](C2)N3Cc2ccc3c(c2)OCCO3)n1. The summed E-state index contributed by atoms with van der Waals surface area (Å²) in [5.41, 5.74) is 1.03. The maximum Gasteiger partial charge on any atom is 0.266 e. The van der Waals surface area contributed by atoms with Gasteiger partial charge in [-0.15, -0.1) is 0 Å². The van der Waals surface area contributed by atoms with Gasteiger partial charge in [-0.25, -0.2) is 4.68 Å². The van der Waals surface area contributed by atoms with Crippen LogP contribution in [0.5, 0.6) is 11.5 Å². The lowest BCUT2D eigenvalue weighted by Crippen LogP contribution is -2.59. The summed E-state index contributed by atoms with van der Waals surface area (Å²) in [5.74, 6) is 1.88. The average Bonchev–Trinajstić information content (AvgIpc) is 2.76. The zero-order valence-corrected chi connectivity index (χ0v) is 19.0. The summed E-state index contributed by atoms with van der Waals surface area (Å²) in [7, 11) is 0. The van der Waals surface area contributed by atoms with Crippen LogP contribution in [0.1, 0.15) is 63.1 Å². The van der Waals surface area contributed by atoms with Crippen molar-refractivity contribution in [3.63, 3.8) is 0 Å². The fourth-order valence-corrected chi connectivity index (χ4v) is 5.57. The summed E-state index contributed by atoms with van der Waals surface area (Å²) >= 11 is 0. The maximum absolute atomic E-state index is 12.4. The lowest BCUT2D eigenvalue weighted by atomic mass is 9.75. The van der Waals surface area contributed by atoms with Crippen molar-refractivity contribution in [2.24, 2.45) is 0 Å². The predicted molar refractivity (Wildman–Crippen MR) is 121 cm³/mol. The fraction of sp³-hybridized carbons (Fsp3) is 0.600. The van der Waals surface area contributed by atoms with Gasteiger partial charge in [0, 0.05) is 24.7 Å². The molecule has 1 aromatic heterocycles. The number of piperidine rings is 2. The molecule has 0 saturated carbocycles. The molecule has 4 heterocycles. The van der Waals surface area contributed by atoms with Crippen LogP contribution < -0.4 is 15.0 Å².